The predicted molar refractivity (Wildman–Crippen MR) is 72.8 cm³/mol. The minimum absolute atomic E-state index is 0.194. The number of anilines is 1. The number of hydrogen-bond donors (Lipinski definition) is 1. The fraction of sp³-hybridized carbons (Fsp3) is 0.462. The highest BCUT2D eigenvalue weighted by Gasteiger charge is 2.21. The highest BCUT2D eigenvalue weighted by molar-refractivity contribution is 5.95. The van der Waals surface area contributed by atoms with Crippen molar-refractivity contribution in [3.05, 3.63) is 34.2 Å². The molecule has 1 atom stereocenters. The quantitative estimate of drug-likeness (QED) is 0.511. The van der Waals surface area contributed by atoms with Gasteiger partial charge in [0.2, 0.25) is 0 Å². The summed E-state index contributed by atoms with van der Waals surface area (Å²) in [5.74, 6) is -0.435. The van der Waals surface area contributed by atoms with Crippen LogP contribution in [0.25, 0.3) is 10.4 Å². The summed E-state index contributed by atoms with van der Waals surface area (Å²) >= 11 is 0. The van der Waals surface area contributed by atoms with Gasteiger partial charge in [-0.2, -0.15) is 0 Å². The zero-order valence-corrected chi connectivity index (χ0v) is 10.8. The van der Waals surface area contributed by atoms with E-state index in [0.29, 0.717) is 17.3 Å². The number of nitrogens with zero attached hydrogens (tertiary/aromatic N) is 4. The van der Waals surface area contributed by atoms with Gasteiger partial charge in [-0.15, -0.1) is 0 Å². The second kappa shape index (κ2) is 5.63. The normalized spacial score (nSPS) is 18.8. The molecule has 0 spiro atoms. The third kappa shape index (κ3) is 2.98. The van der Waals surface area contributed by atoms with Crippen LogP contribution in [0.4, 0.5) is 11.4 Å². The molecule has 0 bridgehead atoms. The number of azide groups is 1. The van der Waals surface area contributed by atoms with E-state index < -0.39 is 5.97 Å². The molecule has 0 radical (unpaired) electrons. The van der Waals surface area contributed by atoms with Crippen LogP contribution >= 0.6 is 0 Å². The van der Waals surface area contributed by atoms with Gasteiger partial charge in [-0.05, 0) is 36.4 Å². The average molecular weight is 260 g/mol. The van der Waals surface area contributed by atoms with E-state index in [1.807, 2.05) is 0 Å². The van der Waals surface area contributed by atoms with Crippen LogP contribution in [0.1, 0.15) is 30.1 Å². The molecule has 1 fully saturated rings. The Kier molecular flexibility index (Phi) is 3.92. The largest absolute Gasteiger partial charge is 0.478 e. The highest BCUT2D eigenvalue weighted by atomic mass is 16.4. The Bertz CT molecular complexity index is 537. The second-order valence-corrected chi connectivity index (χ2v) is 4.89. The van der Waals surface area contributed by atoms with Crippen molar-refractivity contribution >= 4 is 17.3 Å². The maximum atomic E-state index is 11.3. The number of hydrogen-bond acceptors (Lipinski definition) is 3. The maximum absolute atomic E-state index is 11.3. The molecule has 0 aromatic heterocycles. The van der Waals surface area contributed by atoms with Crippen LogP contribution in [0, 0.1) is 5.92 Å². The minimum atomic E-state index is -0.997. The van der Waals surface area contributed by atoms with Crippen LogP contribution in [0.3, 0.4) is 0 Å². The molecular weight excluding hydrogens is 244 g/mol. The van der Waals surface area contributed by atoms with Crippen LogP contribution in [-0.4, -0.2) is 24.2 Å². The number of carboxylic acid groups (broad SMARTS) is 1. The topological polar surface area (TPSA) is 89.3 Å². The van der Waals surface area contributed by atoms with Gasteiger partial charge in [-0.3, -0.25) is 0 Å². The third-order valence-corrected chi connectivity index (χ3v) is 3.37. The molecule has 100 valence electrons. The van der Waals surface area contributed by atoms with E-state index in [2.05, 4.69) is 21.8 Å². The Morgan fingerprint density at radius 3 is 3.00 bits per heavy atom. The standard InChI is InChI=1S/C13H16N4O2/c1-9-3-2-6-17(8-9)12-5-4-10(15-16-14)7-11(12)13(18)19/h4-5,7,9H,2-3,6,8H2,1H3,(H,18,19). The molecule has 0 aliphatic carbocycles. The Hall–Kier alpha value is -2.20. The van der Waals surface area contributed by atoms with Gasteiger partial charge >= 0.3 is 5.97 Å². The maximum Gasteiger partial charge on any atom is 0.337 e. The molecule has 0 saturated carbocycles. The molecule has 19 heavy (non-hydrogen) atoms. The molecule has 1 N–H and O–H groups in total. The van der Waals surface area contributed by atoms with Crippen molar-refractivity contribution in [2.75, 3.05) is 18.0 Å². The molecule has 6 nitrogen and oxygen atoms in total. The van der Waals surface area contributed by atoms with E-state index in [4.69, 9.17) is 5.53 Å². The van der Waals surface area contributed by atoms with E-state index >= 15 is 0 Å². The number of carboxylic acids is 1. The van der Waals surface area contributed by atoms with Crippen LogP contribution in [0.15, 0.2) is 23.3 Å². The minimum Gasteiger partial charge on any atom is -0.478 e. The summed E-state index contributed by atoms with van der Waals surface area (Å²) in [7, 11) is 0. The number of carbonyl (C=O) groups is 1. The number of piperidine rings is 1. The second-order valence-electron chi connectivity index (χ2n) is 4.89. The fourth-order valence-electron chi connectivity index (χ4n) is 2.49. The lowest BCUT2D eigenvalue weighted by molar-refractivity contribution is 0.0697. The summed E-state index contributed by atoms with van der Waals surface area (Å²) in [6.07, 6.45) is 2.24. The highest BCUT2D eigenvalue weighted by Crippen LogP contribution is 2.29. The van der Waals surface area contributed by atoms with E-state index in [1.165, 1.54) is 12.5 Å². The van der Waals surface area contributed by atoms with Gasteiger partial charge in [0, 0.05) is 23.7 Å². The number of benzene rings is 1. The number of aromatic carboxylic acids is 1. The average Bonchev–Trinajstić information content (AvgIpc) is 2.39. The first kappa shape index (κ1) is 13.2. The van der Waals surface area contributed by atoms with Crippen molar-refractivity contribution in [3.63, 3.8) is 0 Å². The van der Waals surface area contributed by atoms with Gasteiger partial charge in [0.15, 0.2) is 0 Å². The van der Waals surface area contributed by atoms with Gasteiger partial charge in [0.05, 0.1) is 11.3 Å². The molecular formula is C13H16N4O2. The lowest BCUT2D eigenvalue weighted by Crippen LogP contribution is -2.35. The van der Waals surface area contributed by atoms with E-state index in [1.54, 1.807) is 12.1 Å². The van der Waals surface area contributed by atoms with Crippen LogP contribution in [0.5, 0.6) is 0 Å². The van der Waals surface area contributed by atoms with Crippen molar-refractivity contribution in [3.8, 4) is 0 Å². The van der Waals surface area contributed by atoms with Crippen LogP contribution < -0.4 is 4.90 Å². The monoisotopic (exact) mass is 260 g/mol. The van der Waals surface area contributed by atoms with Crippen molar-refractivity contribution in [2.45, 2.75) is 19.8 Å². The number of rotatable bonds is 3. The van der Waals surface area contributed by atoms with E-state index in [9.17, 15) is 9.90 Å². The summed E-state index contributed by atoms with van der Waals surface area (Å²) in [4.78, 5) is 16.1. The smallest absolute Gasteiger partial charge is 0.337 e. The SMILES string of the molecule is CC1CCCN(c2ccc(N=[N+]=[N-])cc2C(=O)O)C1. The van der Waals surface area contributed by atoms with Gasteiger partial charge in [-0.25, -0.2) is 4.79 Å². The molecule has 2 rings (SSSR count). The van der Waals surface area contributed by atoms with Gasteiger partial charge in [0.1, 0.15) is 0 Å². The lowest BCUT2D eigenvalue weighted by atomic mass is 9.98. The van der Waals surface area contributed by atoms with Crippen molar-refractivity contribution in [1.82, 2.24) is 0 Å². The first-order valence-corrected chi connectivity index (χ1v) is 6.29. The molecule has 1 aromatic rings. The predicted octanol–water partition coefficient (Wildman–Crippen LogP) is 3.56. The molecule has 1 heterocycles. The Morgan fingerprint density at radius 1 is 1.58 bits per heavy atom. The summed E-state index contributed by atoms with van der Waals surface area (Å²) in [5, 5.41) is 12.7. The van der Waals surface area contributed by atoms with Crippen LogP contribution in [-0.2, 0) is 0 Å². The van der Waals surface area contributed by atoms with Crippen molar-refractivity contribution in [1.29, 1.82) is 0 Å². The van der Waals surface area contributed by atoms with E-state index in [0.717, 1.165) is 19.5 Å². The van der Waals surface area contributed by atoms with Crippen LogP contribution in [0.2, 0.25) is 0 Å². The summed E-state index contributed by atoms with van der Waals surface area (Å²) < 4.78 is 0. The third-order valence-electron chi connectivity index (χ3n) is 3.37. The molecule has 1 aliphatic rings. The van der Waals surface area contributed by atoms with E-state index in [-0.39, 0.29) is 5.56 Å². The molecule has 0 amide bonds. The van der Waals surface area contributed by atoms with Gasteiger partial charge < -0.3 is 10.0 Å². The summed E-state index contributed by atoms with van der Waals surface area (Å²) in [6.45, 7) is 3.90. The molecule has 1 aromatic carbocycles. The van der Waals surface area contributed by atoms with Gasteiger partial charge in [0.25, 0.3) is 0 Å². The molecule has 1 saturated heterocycles. The molecule has 6 heteroatoms. The zero-order valence-electron chi connectivity index (χ0n) is 10.8. The molecule has 1 unspecified atom stereocenters. The van der Waals surface area contributed by atoms with Gasteiger partial charge in [-0.1, -0.05) is 18.1 Å². The van der Waals surface area contributed by atoms with Crippen molar-refractivity contribution in [2.24, 2.45) is 11.0 Å². The first-order chi connectivity index (χ1) is 9.11. The Labute approximate surface area is 111 Å². The zero-order chi connectivity index (χ0) is 13.8. The summed E-state index contributed by atoms with van der Waals surface area (Å²) in [5.41, 5.74) is 9.63. The first-order valence-electron chi connectivity index (χ1n) is 6.29. The summed E-state index contributed by atoms with van der Waals surface area (Å²) in [6, 6.07) is 4.81. The lowest BCUT2D eigenvalue weighted by Gasteiger charge is -2.33. The fourth-order valence-corrected chi connectivity index (χ4v) is 2.49. The molecule has 1 aliphatic heterocycles. The Morgan fingerprint density at radius 2 is 2.37 bits per heavy atom. The van der Waals surface area contributed by atoms with Crippen molar-refractivity contribution < 1.29 is 9.90 Å². The Balaban J connectivity index is 2.38.